The number of methoxy groups -OCH3 is 1. The fourth-order valence-electron chi connectivity index (χ4n) is 5.03. The fourth-order valence-corrected chi connectivity index (χ4v) is 5.03. The number of amides is 1. The molecule has 1 amide bonds. The van der Waals surface area contributed by atoms with Crippen LogP contribution in [0, 0.1) is 0 Å². The first-order chi connectivity index (χ1) is 17.7. The molecule has 0 N–H and O–H groups in total. The Labute approximate surface area is 212 Å². The molecule has 1 aromatic heterocycles. The van der Waals surface area contributed by atoms with Crippen molar-refractivity contribution >= 4 is 6.09 Å². The number of hydrogen-bond acceptors (Lipinski definition) is 6. The van der Waals surface area contributed by atoms with Gasteiger partial charge in [0.1, 0.15) is 12.2 Å². The van der Waals surface area contributed by atoms with Gasteiger partial charge in [-0.05, 0) is 55.0 Å². The van der Waals surface area contributed by atoms with Crippen LogP contribution in [0.15, 0.2) is 73.1 Å². The summed E-state index contributed by atoms with van der Waals surface area (Å²) in [6, 6.07) is 19.7. The average Bonchev–Trinajstić information content (AvgIpc) is 3.46. The molecule has 0 spiro atoms. The van der Waals surface area contributed by atoms with Crippen molar-refractivity contribution < 1.29 is 23.7 Å². The number of benzene rings is 2. The van der Waals surface area contributed by atoms with Gasteiger partial charge in [-0.25, -0.2) is 4.79 Å². The van der Waals surface area contributed by atoms with Gasteiger partial charge < -0.3 is 23.8 Å². The van der Waals surface area contributed by atoms with Crippen LogP contribution in [0.4, 0.5) is 4.79 Å². The molecule has 5 rings (SSSR count). The predicted octanol–water partition coefficient (Wildman–Crippen LogP) is 5.32. The van der Waals surface area contributed by atoms with Gasteiger partial charge in [0.2, 0.25) is 0 Å². The van der Waals surface area contributed by atoms with Gasteiger partial charge in [0, 0.05) is 24.5 Å². The Morgan fingerprint density at radius 1 is 1.06 bits per heavy atom. The lowest BCUT2D eigenvalue weighted by Gasteiger charge is -2.43. The molecule has 2 fully saturated rings. The van der Waals surface area contributed by atoms with Crippen LogP contribution in [0.25, 0.3) is 0 Å². The second kappa shape index (κ2) is 11.0. The molecule has 3 aromatic rings. The number of carbonyl (C=O) groups is 1. The molecule has 2 heterocycles. The first-order valence-electron chi connectivity index (χ1n) is 12.5. The minimum Gasteiger partial charge on any atom is -0.493 e. The van der Waals surface area contributed by atoms with Gasteiger partial charge >= 0.3 is 6.09 Å². The Bertz CT molecular complexity index is 1150. The summed E-state index contributed by atoms with van der Waals surface area (Å²) in [7, 11) is 1.65. The Kier molecular flexibility index (Phi) is 7.37. The molecule has 1 saturated carbocycles. The van der Waals surface area contributed by atoms with Gasteiger partial charge in [-0.3, -0.25) is 4.98 Å². The van der Waals surface area contributed by atoms with Crippen LogP contribution in [0.2, 0.25) is 0 Å². The number of morpholine rings is 1. The van der Waals surface area contributed by atoms with Gasteiger partial charge in [-0.2, -0.15) is 0 Å². The molecule has 1 aliphatic heterocycles. The van der Waals surface area contributed by atoms with Crippen molar-refractivity contribution in [2.75, 3.05) is 26.8 Å². The predicted molar refractivity (Wildman–Crippen MR) is 135 cm³/mol. The van der Waals surface area contributed by atoms with Gasteiger partial charge in [0.05, 0.1) is 26.4 Å². The van der Waals surface area contributed by atoms with Gasteiger partial charge in [0.15, 0.2) is 11.5 Å². The molecule has 7 heteroatoms. The maximum absolute atomic E-state index is 13.1. The quantitative estimate of drug-likeness (QED) is 0.448. The molecule has 2 aliphatic rings. The van der Waals surface area contributed by atoms with Crippen LogP contribution in [0.3, 0.4) is 0 Å². The molecular weight excluding hydrogens is 456 g/mol. The normalized spacial score (nSPS) is 20.2. The van der Waals surface area contributed by atoms with Gasteiger partial charge in [-0.1, -0.05) is 42.5 Å². The number of nitrogens with zero attached hydrogens (tertiary/aromatic N) is 2. The number of carbonyl (C=O) groups excluding carboxylic acids is 1. The first kappa shape index (κ1) is 24.1. The van der Waals surface area contributed by atoms with E-state index in [0.29, 0.717) is 31.2 Å². The maximum Gasteiger partial charge on any atom is 0.410 e. The molecule has 1 atom stereocenters. The van der Waals surface area contributed by atoms with Gasteiger partial charge in [0.25, 0.3) is 0 Å². The zero-order valence-corrected chi connectivity index (χ0v) is 20.6. The van der Waals surface area contributed by atoms with Crippen molar-refractivity contribution in [3.8, 4) is 11.5 Å². The lowest BCUT2D eigenvalue weighted by atomic mass is 9.84. The molecule has 1 aliphatic carbocycles. The number of aromatic nitrogens is 1. The van der Waals surface area contributed by atoms with Crippen LogP contribution in [0.5, 0.6) is 11.5 Å². The molecule has 2 aromatic carbocycles. The molecule has 1 unspecified atom stereocenters. The molecule has 188 valence electrons. The lowest BCUT2D eigenvalue weighted by Crippen LogP contribution is -2.52. The van der Waals surface area contributed by atoms with Crippen molar-refractivity contribution in [1.82, 2.24) is 9.88 Å². The van der Waals surface area contributed by atoms with E-state index < -0.39 is 5.60 Å². The van der Waals surface area contributed by atoms with E-state index in [2.05, 4.69) is 4.98 Å². The van der Waals surface area contributed by atoms with E-state index in [4.69, 9.17) is 18.9 Å². The smallest absolute Gasteiger partial charge is 0.410 e. The van der Waals surface area contributed by atoms with Crippen molar-refractivity contribution in [3.63, 3.8) is 0 Å². The van der Waals surface area contributed by atoms with E-state index in [9.17, 15) is 4.79 Å². The monoisotopic (exact) mass is 488 g/mol. The second-order valence-corrected chi connectivity index (χ2v) is 9.27. The van der Waals surface area contributed by atoms with E-state index in [-0.39, 0.29) is 18.8 Å². The largest absolute Gasteiger partial charge is 0.493 e. The molecule has 0 radical (unpaired) electrons. The highest BCUT2D eigenvalue weighted by atomic mass is 16.6. The summed E-state index contributed by atoms with van der Waals surface area (Å²) in [5.74, 6) is 1.40. The van der Waals surface area contributed by atoms with Gasteiger partial charge in [-0.15, -0.1) is 0 Å². The molecule has 7 nitrogen and oxygen atoms in total. The van der Waals surface area contributed by atoms with Crippen LogP contribution in [-0.4, -0.2) is 48.9 Å². The highest BCUT2D eigenvalue weighted by Crippen LogP contribution is 2.41. The van der Waals surface area contributed by atoms with Crippen molar-refractivity contribution in [2.24, 2.45) is 0 Å². The topological polar surface area (TPSA) is 70.1 Å². The standard InChI is InChI=1S/C29H32N2O5/c1-33-26-14-13-24(18-27(26)36-25-11-5-6-12-25)29(23-9-3-2-4-10-23)21-31(16-17-35-29)28(32)34-20-22-8-7-15-30-19-22/h2-4,7-10,13-15,18-19,25H,5-6,11-12,16-17,20-21H2,1H3. The third-order valence-electron chi connectivity index (χ3n) is 6.93. The van der Waals surface area contributed by atoms with Crippen LogP contribution < -0.4 is 9.47 Å². The number of rotatable bonds is 7. The van der Waals surface area contributed by atoms with Crippen LogP contribution in [-0.2, 0) is 21.7 Å². The number of ether oxygens (including phenoxy) is 4. The maximum atomic E-state index is 13.1. The lowest BCUT2D eigenvalue weighted by molar-refractivity contribution is -0.0839. The van der Waals surface area contributed by atoms with Crippen molar-refractivity contribution in [1.29, 1.82) is 0 Å². The molecule has 0 bridgehead atoms. The fraction of sp³-hybridized carbons (Fsp3) is 0.379. The zero-order chi connectivity index (χ0) is 24.8. The SMILES string of the molecule is COc1ccc(C2(c3ccccc3)CN(C(=O)OCc3cccnc3)CCO2)cc1OC1CCCC1. The molecular formula is C29H32N2O5. The molecule has 36 heavy (non-hydrogen) atoms. The zero-order valence-electron chi connectivity index (χ0n) is 20.6. The number of hydrogen-bond donors (Lipinski definition) is 0. The summed E-state index contributed by atoms with van der Waals surface area (Å²) >= 11 is 0. The van der Waals surface area contributed by atoms with E-state index in [1.54, 1.807) is 24.4 Å². The Morgan fingerprint density at radius 3 is 2.64 bits per heavy atom. The summed E-state index contributed by atoms with van der Waals surface area (Å²) in [5, 5.41) is 0. The number of pyridine rings is 1. The third-order valence-corrected chi connectivity index (χ3v) is 6.93. The minimum atomic E-state index is -0.868. The van der Waals surface area contributed by atoms with Crippen molar-refractivity contribution in [2.45, 2.75) is 44.0 Å². The second-order valence-electron chi connectivity index (χ2n) is 9.27. The average molecular weight is 489 g/mol. The Morgan fingerprint density at radius 2 is 1.89 bits per heavy atom. The van der Waals surface area contributed by atoms with Crippen LogP contribution in [0.1, 0.15) is 42.4 Å². The third kappa shape index (κ3) is 5.16. The highest BCUT2D eigenvalue weighted by Gasteiger charge is 2.42. The summed E-state index contributed by atoms with van der Waals surface area (Å²) in [6.07, 6.45) is 7.66. The Hall–Kier alpha value is -3.58. The minimum absolute atomic E-state index is 0.171. The summed E-state index contributed by atoms with van der Waals surface area (Å²) in [4.78, 5) is 18.9. The van der Waals surface area contributed by atoms with E-state index in [1.165, 1.54) is 12.8 Å². The summed E-state index contributed by atoms with van der Waals surface area (Å²) < 4.78 is 24.1. The van der Waals surface area contributed by atoms with E-state index >= 15 is 0 Å². The first-order valence-corrected chi connectivity index (χ1v) is 12.5. The Balaban J connectivity index is 1.44. The summed E-state index contributed by atoms with van der Waals surface area (Å²) in [5.41, 5.74) is 1.85. The van der Waals surface area contributed by atoms with Crippen LogP contribution >= 0.6 is 0 Å². The molecule has 1 saturated heterocycles. The summed E-state index contributed by atoms with van der Waals surface area (Å²) in [6.45, 7) is 1.31. The van der Waals surface area contributed by atoms with Crippen molar-refractivity contribution in [3.05, 3.63) is 89.7 Å². The van der Waals surface area contributed by atoms with E-state index in [0.717, 1.165) is 29.5 Å². The van der Waals surface area contributed by atoms with E-state index in [1.807, 2.05) is 60.7 Å². The highest BCUT2D eigenvalue weighted by molar-refractivity contribution is 5.68.